The predicted molar refractivity (Wildman–Crippen MR) is 108 cm³/mol. The highest BCUT2D eigenvalue weighted by molar-refractivity contribution is 4.90. The van der Waals surface area contributed by atoms with Gasteiger partial charge in [-0.05, 0) is 77.9 Å². The predicted octanol–water partition coefficient (Wildman–Crippen LogP) is 4.95. The minimum absolute atomic E-state index is 0.445. The Morgan fingerprint density at radius 1 is 1.00 bits per heavy atom. The van der Waals surface area contributed by atoms with Crippen molar-refractivity contribution < 1.29 is 4.74 Å². The lowest BCUT2D eigenvalue weighted by Crippen LogP contribution is -2.51. The minimum Gasteiger partial charge on any atom is -0.375 e. The molecule has 0 aromatic carbocycles. The molecule has 1 saturated carbocycles. The van der Waals surface area contributed by atoms with Crippen LogP contribution < -0.4 is 0 Å². The van der Waals surface area contributed by atoms with E-state index in [1.54, 1.807) is 0 Å². The molecule has 0 aromatic heterocycles. The van der Waals surface area contributed by atoms with Gasteiger partial charge in [0.25, 0.3) is 0 Å². The Morgan fingerprint density at radius 2 is 1.64 bits per heavy atom. The highest BCUT2D eigenvalue weighted by atomic mass is 16.5. The van der Waals surface area contributed by atoms with Crippen LogP contribution >= 0.6 is 0 Å². The van der Waals surface area contributed by atoms with Gasteiger partial charge in [0.05, 0.1) is 12.2 Å². The van der Waals surface area contributed by atoms with Crippen LogP contribution in [0.4, 0.5) is 0 Å². The van der Waals surface area contributed by atoms with Crippen molar-refractivity contribution in [2.24, 2.45) is 5.92 Å². The van der Waals surface area contributed by atoms with Crippen LogP contribution in [0, 0.1) is 5.92 Å². The molecule has 148 valence electrons. The molecule has 1 heterocycles. The van der Waals surface area contributed by atoms with Gasteiger partial charge >= 0.3 is 0 Å². The summed E-state index contributed by atoms with van der Waals surface area (Å²) < 4.78 is 6.17. The molecule has 2 fully saturated rings. The molecule has 0 bridgehead atoms. The summed E-state index contributed by atoms with van der Waals surface area (Å²) in [5.41, 5.74) is 0. The van der Waals surface area contributed by atoms with Gasteiger partial charge in [-0.2, -0.15) is 0 Å². The zero-order valence-corrected chi connectivity index (χ0v) is 17.7. The number of ether oxygens (including phenoxy) is 1. The van der Waals surface area contributed by atoms with E-state index in [2.05, 4.69) is 44.4 Å². The largest absolute Gasteiger partial charge is 0.375 e. The van der Waals surface area contributed by atoms with E-state index in [0.717, 1.165) is 18.0 Å². The van der Waals surface area contributed by atoms with E-state index in [1.807, 2.05) is 0 Å². The van der Waals surface area contributed by atoms with Crippen molar-refractivity contribution in [1.29, 1.82) is 0 Å². The Labute approximate surface area is 157 Å². The van der Waals surface area contributed by atoms with E-state index >= 15 is 0 Å². The van der Waals surface area contributed by atoms with E-state index in [4.69, 9.17) is 4.74 Å². The molecule has 2 unspecified atom stereocenters. The third-order valence-corrected chi connectivity index (χ3v) is 6.58. The molecule has 3 heteroatoms. The van der Waals surface area contributed by atoms with Crippen LogP contribution in [-0.2, 0) is 4.74 Å². The zero-order valence-electron chi connectivity index (χ0n) is 17.7. The summed E-state index contributed by atoms with van der Waals surface area (Å²) in [5, 5.41) is 0. The maximum atomic E-state index is 6.17. The van der Waals surface area contributed by atoms with E-state index in [9.17, 15) is 0 Å². The molecule has 2 aliphatic rings. The molecule has 0 N–H and O–H groups in total. The zero-order chi connectivity index (χ0) is 18.2. The van der Waals surface area contributed by atoms with E-state index in [-0.39, 0.29) is 0 Å². The van der Waals surface area contributed by atoms with E-state index in [1.165, 1.54) is 77.5 Å². The summed E-state index contributed by atoms with van der Waals surface area (Å²) in [6, 6.07) is 1.56. The van der Waals surface area contributed by atoms with Gasteiger partial charge in [-0.1, -0.05) is 33.6 Å². The third-order valence-electron chi connectivity index (χ3n) is 6.58. The molecule has 1 aliphatic carbocycles. The SMILES string of the molecule is CCCC(C)OC1CC(N(CC)CC2CCN(C(C)CCC)CC2)C1. The van der Waals surface area contributed by atoms with Crippen LogP contribution in [-0.4, -0.2) is 60.3 Å². The Hall–Kier alpha value is -0.120. The number of hydrogen-bond acceptors (Lipinski definition) is 3. The Kier molecular flexibility index (Phi) is 9.23. The van der Waals surface area contributed by atoms with Crippen molar-refractivity contribution in [3.8, 4) is 0 Å². The molecular formula is C22H44N2O. The van der Waals surface area contributed by atoms with E-state index < -0.39 is 0 Å². The molecular weight excluding hydrogens is 308 g/mol. The molecule has 3 nitrogen and oxygen atoms in total. The average molecular weight is 353 g/mol. The monoisotopic (exact) mass is 352 g/mol. The number of nitrogens with zero attached hydrogens (tertiary/aromatic N) is 2. The molecule has 1 saturated heterocycles. The fourth-order valence-corrected chi connectivity index (χ4v) is 4.79. The molecule has 1 aliphatic heterocycles. The van der Waals surface area contributed by atoms with Gasteiger partial charge in [-0.15, -0.1) is 0 Å². The second kappa shape index (κ2) is 10.9. The highest BCUT2D eigenvalue weighted by Crippen LogP contribution is 2.31. The Morgan fingerprint density at radius 3 is 2.20 bits per heavy atom. The number of hydrogen-bond donors (Lipinski definition) is 0. The molecule has 2 rings (SSSR count). The minimum atomic E-state index is 0.445. The molecule has 2 atom stereocenters. The quantitative estimate of drug-likeness (QED) is 0.523. The van der Waals surface area contributed by atoms with Crippen molar-refractivity contribution in [3.05, 3.63) is 0 Å². The number of piperidine rings is 1. The summed E-state index contributed by atoms with van der Waals surface area (Å²) in [6.07, 6.45) is 11.4. The fourth-order valence-electron chi connectivity index (χ4n) is 4.79. The van der Waals surface area contributed by atoms with Gasteiger partial charge in [0.15, 0.2) is 0 Å². The van der Waals surface area contributed by atoms with Gasteiger partial charge in [0.1, 0.15) is 0 Å². The van der Waals surface area contributed by atoms with Gasteiger partial charge in [-0.25, -0.2) is 0 Å². The first-order chi connectivity index (χ1) is 12.1. The van der Waals surface area contributed by atoms with Crippen LogP contribution in [0.1, 0.15) is 86.0 Å². The van der Waals surface area contributed by atoms with Crippen molar-refractivity contribution in [3.63, 3.8) is 0 Å². The van der Waals surface area contributed by atoms with Crippen molar-refractivity contribution in [1.82, 2.24) is 9.80 Å². The van der Waals surface area contributed by atoms with Gasteiger partial charge in [-0.3, -0.25) is 0 Å². The standard InChI is InChI=1S/C22H44N2O/c1-6-9-18(4)24-13-11-20(12-14-24)17-23(8-3)21-15-22(16-21)25-19(5)10-7-2/h18-22H,6-17H2,1-5H3. The van der Waals surface area contributed by atoms with Gasteiger partial charge < -0.3 is 14.5 Å². The van der Waals surface area contributed by atoms with Crippen LogP contribution in [0.2, 0.25) is 0 Å². The molecule has 25 heavy (non-hydrogen) atoms. The summed E-state index contributed by atoms with van der Waals surface area (Å²) in [7, 11) is 0. The third kappa shape index (κ3) is 6.52. The van der Waals surface area contributed by atoms with Gasteiger partial charge in [0.2, 0.25) is 0 Å². The smallest absolute Gasteiger partial charge is 0.0608 e. The maximum absolute atomic E-state index is 6.17. The molecule has 0 spiro atoms. The molecule has 0 amide bonds. The molecule has 0 radical (unpaired) electrons. The Bertz CT molecular complexity index is 348. The normalized spacial score (nSPS) is 28.1. The van der Waals surface area contributed by atoms with E-state index in [0.29, 0.717) is 12.2 Å². The van der Waals surface area contributed by atoms with Crippen molar-refractivity contribution >= 4 is 0 Å². The Balaban J connectivity index is 1.66. The number of likely N-dealkylation sites (tertiary alicyclic amines) is 1. The van der Waals surface area contributed by atoms with Crippen LogP contribution in [0.5, 0.6) is 0 Å². The lowest BCUT2D eigenvalue weighted by Gasteiger charge is -2.45. The summed E-state index contributed by atoms with van der Waals surface area (Å²) in [6.45, 7) is 16.7. The summed E-state index contributed by atoms with van der Waals surface area (Å²) >= 11 is 0. The first-order valence-corrected chi connectivity index (χ1v) is 11.2. The fraction of sp³-hybridized carbons (Fsp3) is 1.00. The lowest BCUT2D eigenvalue weighted by atomic mass is 9.86. The van der Waals surface area contributed by atoms with Gasteiger partial charge in [0, 0.05) is 18.6 Å². The summed E-state index contributed by atoms with van der Waals surface area (Å²) in [5.74, 6) is 0.906. The van der Waals surface area contributed by atoms with Crippen molar-refractivity contribution in [2.75, 3.05) is 26.2 Å². The highest BCUT2D eigenvalue weighted by Gasteiger charge is 2.35. The van der Waals surface area contributed by atoms with Crippen LogP contribution in [0.25, 0.3) is 0 Å². The van der Waals surface area contributed by atoms with Crippen LogP contribution in [0.3, 0.4) is 0 Å². The van der Waals surface area contributed by atoms with Crippen molar-refractivity contribution in [2.45, 2.75) is 110 Å². The molecule has 0 aromatic rings. The lowest BCUT2D eigenvalue weighted by molar-refractivity contribution is -0.0867. The first kappa shape index (κ1) is 21.2. The number of rotatable bonds is 11. The second-order valence-electron chi connectivity index (χ2n) is 8.69. The second-order valence-corrected chi connectivity index (χ2v) is 8.69. The summed E-state index contributed by atoms with van der Waals surface area (Å²) in [4.78, 5) is 5.47. The van der Waals surface area contributed by atoms with Crippen LogP contribution in [0.15, 0.2) is 0 Å². The average Bonchev–Trinajstić information content (AvgIpc) is 2.57. The maximum Gasteiger partial charge on any atom is 0.0608 e. The first-order valence-electron chi connectivity index (χ1n) is 11.2. The topological polar surface area (TPSA) is 15.7 Å².